The van der Waals surface area contributed by atoms with Crippen LogP contribution < -0.4 is 10.6 Å². The molecule has 19 heavy (non-hydrogen) atoms. The molecule has 1 aliphatic heterocycles. The van der Waals surface area contributed by atoms with E-state index in [-0.39, 0.29) is 13.0 Å². The first kappa shape index (κ1) is 14.2. The van der Waals surface area contributed by atoms with Gasteiger partial charge in [-0.2, -0.15) is 13.2 Å². The molecule has 0 amide bonds. The van der Waals surface area contributed by atoms with Gasteiger partial charge in [-0.15, -0.1) is 0 Å². The minimum absolute atomic E-state index is 0.000239. The zero-order valence-electron chi connectivity index (χ0n) is 10.2. The predicted octanol–water partition coefficient (Wildman–Crippen LogP) is 3.50. The number of halogens is 4. The highest BCUT2D eigenvalue weighted by atomic mass is 35.5. The first-order valence-corrected chi connectivity index (χ1v) is 6.29. The first-order chi connectivity index (χ1) is 8.91. The van der Waals surface area contributed by atoms with Crippen LogP contribution in [0.2, 0.25) is 5.02 Å². The van der Waals surface area contributed by atoms with Crippen LogP contribution in [0.15, 0.2) is 29.8 Å². The van der Waals surface area contributed by atoms with Crippen molar-refractivity contribution < 1.29 is 13.2 Å². The van der Waals surface area contributed by atoms with Gasteiger partial charge >= 0.3 is 6.18 Å². The van der Waals surface area contributed by atoms with Crippen molar-refractivity contribution in [3.63, 3.8) is 0 Å². The average molecular weight is 291 g/mol. The topological polar surface area (TPSA) is 29.3 Å². The second-order valence-corrected chi connectivity index (χ2v) is 4.81. The van der Waals surface area contributed by atoms with E-state index in [1.165, 1.54) is 6.08 Å². The van der Waals surface area contributed by atoms with Gasteiger partial charge in [0.15, 0.2) is 0 Å². The standard InChI is InChI=1S/C13H14ClF3N2/c14-12-7-11(2-1-9(12)8-18)19-5-3-10(4-6-19)13(15,16)17/h1-3,7H,4-6,8,18H2. The van der Waals surface area contributed by atoms with Gasteiger partial charge in [-0.05, 0) is 24.1 Å². The lowest BCUT2D eigenvalue weighted by atomic mass is 10.1. The lowest BCUT2D eigenvalue weighted by Gasteiger charge is -2.29. The van der Waals surface area contributed by atoms with Crippen LogP contribution in [0, 0.1) is 0 Å². The molecule has 0 saturated heterocycles. The van der Waals surface area contributed by atoms with Crippen molar-refractivity contribution in [3.8, 4) is 0 Å². The van der Waals surface area contributed by atoms with Crippen molar-refractivity contribution in [1.82, 2.24) is 0 Å². The normalized spacial score (nSPS) is 16.5. The zero-order valence-corrected chi connectivity index (χ0v) is 10.9. The Kier molecular flexibility index (Phi) is 4.06. The van der Waals surface area contributed by atoms with E-state index in [1.54, 1.807) is 12.1 Å². The summed E-state index contributed by atoms with van der Waals surface area (Å²) in [6.07, 6.45) is -2.98. The summed E-state index contributed by atoms with van der Waals surface area (Å²) in [7, 11) is 0. The highest BCUT2D eigenvalue weighted by Gasteiger charge is 2.34. The molecule has 2 N–H and O–H groups in total. The van der Waals surface area contributed by atoms with Gasteiger partial charge in [0, 0.05) is 35.9 Å². The molecule has 2 rings (SSSR count). The molecule has 2 nitrogen and oxygen atoms in total. The van der Waals surface area contributed by atoms with Crippen molar-refractivity contribution in [2.45, 2.75) is 19.1 Å². The average Bonchev–Trinajstić information content (AvgIpc) is 2.38. The number of alkyl halides is 3. The molecule has 1 heterocycles. The van der Waals surface area contributed by atoms with Gasteiger partial charge in [-0.25, -0.2) is 0 Å². The van der Waals surface area contributed by atoms with E-state index in [0.717, 1.165) is 11.3 Å². The Bertz CT molecular complexity index is 497. The van der Waals surface area contributed by atoms with E-state index >= 15 is 0 Å². The van der Waals surface area contributed by atoms with Crippen LogP contribution >= 0.6 is 11.6 Å². The summed E-state index contributed by atoms with van der Waals surface area (Å²) in [6.45, 7) is 0.925. The molecule has 1 aliphatic rings. The Morgan fingerprint density at radius 3 is 2.53 bits per heavy atom. The number of anilines is 1. The van der Waals surface area contributed by atoms with Gasteiger partial charge in [0.05, 0.1) is 0 Å². The van der Waals surface area contributed by atoms with Crippen LogP contribution in [0.4, 0.5) is 18.9 Å². The summed E-state index contributed by atoms with van der Waals surface area (Å²) in [4.78, 5) is 1.86. The molecule has 104 valence electrons. The predicted molar refractivity (Wildman–Crippen MR) is 70.3 cm³/mol. The quantitative estimate of drug-likeness (QED) is 0.845. The Balaban J connectivity index is 2.14. The lowest BCUT2D eigenvalue weighted by molar-refractivity contribution is -0.0943. The molecule has 0 spiro atoms. The molecule has 6 heteroatoms. The summed E-state index contributed by atoms with van der Waals surface area (Å²) in [5, 5.41) is 0.547. The van der Waals surface area contributed by atoms with Gasteiger partial charge < -0.3 is 10.6 Å². The highest BCUT2D eigenvalue weighted by Crippen LogP contribution is 2.32. The summed E-state index contributed by atoms with van der Waals surface area (Å²) >= 11 is 6.05. The minimum atomic E-state index is -4.22. The number of hydrogen-bond acceptors (Lipinski definition) is 2. The van der Waals surface area contributed by atoms with E-state index in [0.29, 0.717) is 18.1 Å². The van der Waals surface area contributed by atoms with E-state index < -0.39 is 11.7 Å². The number of nitrogens with zero attached hydrogens (tertiary/aromatic N) is 1. The maximum Gasteiger partial charge on any atom is 0.412 e. The second-order valence-electron chi connectivity index (χ2n) is 4.40. The minimum Gasteiger partial charge on any atom is -0.367 e. The third kappa shape index (κ3) is 3.22. The Morgan fingerprint density at radius 2 is 2.05 bits per heavy atom. The fourth-order valence-electron chi connectivity index (χ4n) is 2.06. The molecular formula is C13H14ClF3N2. The summed E-state index contributed by atoms with van der Waals surface area (Å²) in [5.41, 5.74) is 6.71. The van der Waals surface area contributed by atoms with Gasteiger partial charge in [0.1, 0.15) is 0 Å². The van der Waals surface area contributed by atoms with E-state index in [1.807, 2.05) is 11.0 Å². The van der Waals surface area contributed by atoms with Crippen LogP contribution in [-0.4, -0.2) is 19.3 Å². The fraction of sp³-hybridized carbons (Fsp3) is 0.385. The fourth-order valence-corrected chi connectivity index (χ4v) is 2.31. The zero-order chi connectivity index (χ0) is 14.0. The maximum atomic E-state index is 12.5. The van der Waals surface area contributed by atoms with Crippen LogP contribution in [0.3, 0.4) is 0 Å². The monoisotopic (exact) mass is 290 g/mol. The van der Waals surface area contributed by atoms with Crippen LogP contribution in [0.5, 0.6) is 0 Å². The van der Waals surface area contributed by atoms with Crippen molar-refractivity contribution >= 4 is 17.3 Å². The molecule has 1 aromatic carbocycles. The van der Waals surface area contributed by atoms with Gasteiger partial charge in [0.2, 0.25) is 0 Å². The van der Waals surface area contributed by atoms with Crippen LogP contribution in [-0.2, 0) is 6.54 Å². The van der Waals surface area contributed by atoms with Crippen molar-refractivity contribution in [2.24, 2.45) is 5.73 Å². The van der Waals surface area contributed by atoms with Gasteiger partial charge in [-0.3, -0.25) is 0 Å². The third-order valence-electron chi connectivity index (χ3n) is 3.19. The lowest BCUT2D eigenvalue weighted by Crippen LogP contribution is -2.31. The van der Waals surface area contributed by atoms with E-state index in [4.69, 9.17) is 17.3 Å². The molecule has 0 unspecified atom stereocenters. The van der Waals surface area contributed by atoms with Gasteiger partial charge in [-0.1, -0.05) is 23.7 Å². The molecule has 0 saturated carbocycles. The molecule has 0 radical (unpaired) electrons. The Morgan fingerprint density at radius 1 is 1.32 bits per heavy atom. The van der Waals surface area contributed by atoms with E-state index in [9.17, 15) is 13.2 Å². The van der Waals surface area contributed by atoms with Crippen molar-refractivity contribution in [2.75, 3.05) is 18.0 Å². The van der Waals surface area contributed by atoms with E-state index in [2.05, 4.69) is 0 Å². The number of hydrogen-bond donors (Lipinski definition) is 1. The summed E-state index contributed by atoms with van der Waals surface area (Å²) in [5.74, 6) is 0. The molecule has 0 aliphatic carbocycles. The molecule has 0 atom stereocenters. The second kappa shape index (κ2) is 5.43. The molecule has 1 aromatic rings. The first-order valence-electron chi connectivity index (χ1n) is 5.91. The smallest absolute Gasteiger partial charge is 0.367 e. The molecule has 0 aromatic heterocycles. The van der Waals surface area contributed by atoms with Gasteiger partial charge in [0.25, 0.3) is 0 Å². The highest BCUT2D eigenvalue weighted by molar-refractivity contribution is 6.31. The largest absolute Gasteiger partial charge is 0.412 e. The molecular weight excluding hydrogens is 277 g/mol. The van der Waals surface area contributed by atoms with Crippen LogP contribution in [0.25, 0.3) is 0 Å². The molecule has 0 fully saturated rings. The van der Waals surface area contributed by atoms with Crippen molar-refractivity contribution in [1.29, 1.82) is 0 Å². The number of benzene rings is 1. The summed E-state index contributed by atoms with van der Waals surface area (Å²) in [6, 6.07) is 5.39. The Labute approximate surface area is 114 Å². The Hall–Kier alpha value is -1.20. The number of rotatable bonds is 2. The third-order valence-corrected chi connectivity index (χ3v) is 3.55. The summed E-state index contributed by atoms with van der Waals surface area (Å²) < 4.78 is 37.5. The SMILES string of the molecule is NCc1ccc(N2CC=C(C(F)(F)F)CC2)cc1Cl. The number of nitrogens with two attached hydrogens (primary N) is 1. The molecule has 0 bridgehead atoms. The maximum absolute atomic E-state index is 12.5. The van der Waals surface area contributed by atoms with Crippen LogP contribution in [0.1, 0.15) is 12.0 Å². The van der Waals surface area contributed by atoms with Crippen molar-refractivity contribution in [3.05, 3.63) is 40.4 Å².